The normalized spacial score (nSPS) is 15.7. The largest absolute Gasteiger partial charge is 0.481 e. The Morgan fingerprint density at radius 1 is 0.966 bits per heavy atom. The Balaban J connectivity index is 2.31. The van der Waals surface area contributed by atoms with Crippen LogP contribution in [-0.2, 0) is 27.2 Å². The van der Waals surface area contributed by atoms with Crippen LogP contribution in [0, 0.1) is 0 Å². The lowest BCUT2D eigenvalue weighted by Crippen LogP contribution is -2.18. The fraction of sp³-hybridized carbons (Fsp3) is 0.682. The molecule has 0 saturated heterocycles. The third kappa shape index (κ3) is 7.80. The topological polar surface area (TPSA) is 92.7 Å². The maximum Gasteiger partial charge on any atom is 0.341 e. The summed E-state index contributed by atoms with van der Waals surface area (Å²) in [6, 6.07) is 0. The molecule has 2 N–H and O–H groups in total. The Hall–Kier alpha value is -1.89. The first kappa shape index (κ1) is 23.4. The molecule has 0 radical (unpaired) electrons. The summed E-state index contributed by atoms with van der Waals surface area (Å²) in [5.41, 5.74) is 1.48. The summed E-state index contributed by atoms with van der Waals surface area (Å²) in [6.45, 7) is 3.62. The molecule has 0 spiro atoms. The molecule has 1 heterocycles. The average Bonchev–Trinajstić information content (AvgIpc) is 2.96. The minimum absolute atomic E-state index is 0.115. The van der Waals surface area contributed by atoms with Crippen molar-refractivity contribution in [3.05, 3.63) is 16.0 Å². The van der Waals surface area contributed by atoms with E-state index in [1.807, 2.05) is 13.8 Å². The van der Waals surface area contributed by atoms with Crippen LogP contribution < -0.4 is 5.32 Å². The molecule has 1 aromatic heterocycles. The number of anilines is 1. The number of hydrogen-bond acceptors (Lipinski definition) is 5. The van der Waals surface area contributed by atoms with Gasteiger partial charge in [-0.1, -0.05) is 38.5 Å². The third-order valence-electron chi connectivity index (χ3n) is 5.04. The molecule has 0 unspecified atom stereocenters. The lowest BCUT2D eigenvalue weighted by molar-refractivity contribution is -0.138. The molecule has 1 aromatic rings. The Labute approximate surface area is 177 Å². The van der Waals surface area contributed by atoms with Crippen molar-refractivity contribution in [3.63, 3.8) is 0 Å². The van der Waals surface area contributed by atoms with E-state index in [0.717, 1.165) is 42.5 Å². The summed E-state index contributed by atoms with van der Waals surface area (Å²) >= 11 is 1.45. The van der Waals surface area contributed by atoms with Crippen LogP contribution in [0.1, 0.15) is 98.9 Å². The minimum Gasteiger partial charge on any atom is -0.481 e. The molecule has 6 nitrogen and oxygen atoms in total. The van der Waals surface area contributed by atoms with Gasteiger partial charge in [-0.2, -0.15) is 0 Å². The van der Waals surface area contributed by atoms with Crippen LogP contribution in [0.2, 0.25) is 0 Å². The van der Waals surface area contributed by atoms with Crippen LogP contribution in [0.5, 0.6) is 0 Å². The van der Waals surface area contributed by atoms with Gasteiger partial charge in [0.2, 0.25) is 5.91 Å². The SMILES string of the molecule is CC(C)OC(=O)c1c(NC(=O)CCC(=O)O)sc2c1CCCCCCCCCC2. The predicted molar refractivity (Wildman–Crippen MR) is 115 cm³/mol. The van der Waals surface area contributed by atoms with E-state index in [-0.39, 0.29) is 24.9 Å². The maximum absolute atomic E-state index is 12.9. The molecule has 1 aliphatic rings. The van der Waals surface area contributed by atoms with Crippen molar-refractivity contribution < 1.29 is 24.2 Å². The van der Waals surface area contributed by atoms with Crippen LogP contribution in [0.3, 0.4) is 0 Å². The van der Waals surface area contributed by atoms with Gasteiger partial charge < -0.3 is 15.2 Å². The van der Waals surface area contributed by atoms with Crippen LogP contribution in [0.4, 0.5) is 5.00 Å². The number of carbonyl (C=O) groups is 3. The van der Waals surface area contributed by atoms with Crippen molar-refractivity contribution in [3.8, 4) is 0 Å². The quantitative estimate of drug-likeness (QED) is 0.603. The number of carboxylic acid groups (broad SMARTS) is 1. The van der Waals surface area contributed by atoms with Crippen LogP contribution >= 0.6 is 11.3 Å². The highest BCUT2D eigenvalue weighted by Crippen LogP contribution is 2.37. The number of ether oxygens (including phenoxy) is 1. The molecule has 29 heavy (non-hydrogen) atoms. The van der Waals surface area contributed by atoms with Crippen molar-refractivity contribution in [2.24, 2.45) is 0 Å². The Bertz CT molecular complexity index is 710. The highest BCUT2D eigenvalue weighted by Gasteiger charge is 2.26. The zero-order valence-electron chi connectivity index (χ0n) is 17.6. The number of aliphatic carboxylic acids is 1. The monoisotopic (exact) mass is 423 g/mol. The number of nitrogens with one attached hydrogen (secondary N) is 1. The van der Waals surface area contributed by atoms with E-state index in [0.29, 0.717) is 10.6 Å². The lowest BCUT2D eigenvalue weighted by Gasteiger charge is -2.12. The van der Waals surface area contributed by atoms with Crippen LogP contribution in [0.25, 0.3) is 0 Å². The van der Waals surface area contributed by atoms with E-state index in [4.69, 9.17) is 9.84 Å². The molecule has 0 aromatic carbocycles. The van der Waals surface area contributed by atoms with Gasteiger partial charge in [-0.25, -0.2) is 4.79 Å². The average molecular weight is 424 g/mol. The number of carbonyl (C=O) groups excluding carboxylic acids is 2. The molecular weight excluding hydrogens is 390 g/mol. The smallest absolute Gasteiger partial charge is 0.341 e. The van der Waals surface area contributed by atoms with Gasteiger partial charge in [0.1, 0.15) is 5.00 Å². The van der Waals surface area contributed by atoms with Gasteiger partial charge in [0.15, 0.2) is 0 Å². The third-order valence-corrected chi connectivity index (χ3v) is 6.24. The number of rotatable bonds is 6. The van der Waals surface area contributed by atoms with E-state index in [1.165, 1.54) is 43.4 Å². The van der Waals surface area contributed by atoms with Crippen molar-refractivity contribution in [2.45, 2.75) is 97.0 Å². The number of amides is 1. The Morgan fingerprint density at radius 2 is 1.55 bits per heavy atom. The molecule has 7 heteroatoms. The zero-order chi connectivity index (χ0) is 21.2. The van der Waals surface area contributed by atoms with Gasteiger partial charge in [0.25, 0.3) is 0 Å². The van der Waals surface area contributed by atoms with Crippen LogP contribution in [0.15, 0.2) is 0 Å². The van der Waals surface area contributed by atoms with Crippen molar-refractivity contribution in [1.29, 1.82) is 0 Å². The number of esters is 1. The van der Waals surface area contributed by atoms with Gasteiger partial charge >= 0.3 is 11.9 Å². The second-order valence-electron chi connectivity index (χ2n) is 7.93. The number of fused-ring (bicyclic) bond motifs is 1. The van der Waals surface area contributed by atoms with E-state index in [9.17, 15) is 14.4 Å². The van der Waals surface area contributed by atoms with E-state index in [2.05, 4.69) is 5.32 Å². The maximum atomic E-state index is 12.9. The van der Waals surface area contributed by atoms with Crippen molar-refractivity contribution in [2.75, 3.05) is 5.32 Å². The molecule has 1 amide bonds. The number of carboxylic acids is 1. The van der Waals surface area contributed by atoms with E-state index in [1.54, 1.807) is 0 Å². The van der Waals surface area contributed by atoms with Gasteiger partial charge in [-0.3, -0.25) is 9.59 Å². The standard InChI is InChI=1S/C22H33NO5S/c1-15(2)28-22(27)20-16-11-9-7-5-3-4-6-8-10-12-17(16)29-21(20)23-18(24)13-14-19(25)26/h15H,3-14H2,1-2H3,(H,23,24)(H,25,26). The van der Waals surface area contributed by atoms with Gasteiger partial charge in [-0.15, -0.1) is 11.3 Å². The molecule has 1 aliphatic carbocycles. The first-order valence-electron chi connectivity index (χ1n) is 10.8. The highest BCUT2D eigenvalue weighted by atomic mass is 32.1. The van der Waals surface area contributed by atoms with Crippen molar-refractivity contribution >= 4 is 34.2 Å². The van der Waals surface area contributed by atoms with Crippen molar-refractivity contribution in [1.82, 2.24) is 0 Å². The summed E-state index contributed by atoms with van der Waals surface area (Å²) in [5.74, 6) is -1.81. The number of aryl methyl sites for hydroxylation is 1. The molecule has 0 atom stereocenters. The molecular formula is C22H33NO5S. The molecule has 0 aliphatic heterocycles. The fourth-order valence-corrected chi connectivity index (χ4v) is 4.91. The second-order valence-corrected chi connectivity index (χ2v) is 9.04. The Morgan fingerprint density at radius 3 is 2.14 bits per heavy atom. The van der Waals surface area contributed by atoms with Crippen LogP contribution in [-0.4, -0.2) is 29.1 Å². The number of thiophene rings is 1. The predicted octanol–water partition coefficient (Wildman–Crippen LogP) is 5.34. The summed E-state index contributed by atoms with van der Waals surface area (Å²) < 4.78 is 5.48. The molecule has 0 saturated carbocycles. The molecule has 162 valence electrons. The summed E-state index contributed by atoms with van der Waals surface area (Å²) in [4.78, 5) is 37.0. The second kappa shape index (κ2) is 12.0. The summed E-state index contributed by atoms with van der Waals surface area (Å²) in [6.07, 6.45) is 10.5. The summed E-state index contributed by atoms with van der Waals surface area (Å²) in [5, 5.41) is 12.1. The minimum atomic E-state index is -1.02. The number of hydrogen-bond donors (Lipinski definition) is 2. The van der Waals surface area contributed by atoms with E-state index < -0.39 is 11.9 Å². The molecule has 2 rings (SSSR count). The lowest BCUT2D eigenvalue weighted by atomic mass is 9.97. The van der Waals surface area contributed by atoms with Gasteiger partial charge in [0, 0.05) is 11.3 Å². The fourth-order valence-electron chi connectivity index (χ4n) is 3.61. The Kier molecular flexibility index (Phi) is 9.64. The van der Waals surface area contributed by atoms with Gasteiger partial charge in [-0.05, 0) is 45.1 Å². The zero-order valence-corrected chi connectivity index (χ0v) is 18.4. The molecule has 0 fully saturated rings. The first-order chi connectivity index (χ1) is 13.9. The highest BCUT2D eigenvalue weighted by molar-refractivity contribution is 7.17. The summed E-state index contributed by atoms with van der Waals surface area (Å²) in [7, 11) is 0. The van der Waals surface area contributed by atoms with E-state index >= 15 is 0 Å². The first-order valence-corrected chi connectivity index (χ1v) is 11.6. The van der Waals surface area contributed by atoms with Gasteiger partial charge in [0.05, 0.1) is 18.1 Å². The molecule has 0 bridgehead atoms.